The Morgan fingerprint density at radius 3 is 2.91 bits per heavy atom. The third-order valence-corrected chi connectivity index (χ3v) is 1.02. The first-order valence-electron chi connectivity index (χ1n) is 2.90. The van der Waals surface area contributed by atoms with Gasteiger partial charge in [-0.3, -0.25) is 4.79 Å². The van der Waals surface area contributed by atoms with Crippen LogP contribution in [-0.2, 0) is 4.79 Å². The fourth-order valence-electron chi connectivity index (χ4n) is 0.438. The molecule has 0 spiro atoms. The average molecular weight is 172 g/mol. The maximum Gasteiger partial charge on any atom is 0.323 e. The Balaban J connectivity index is 3.47. The van der Waals surface area contributed by atoms with E-state index in [4.69, 9.17) is 11.3 Å². The van der Waals surface area contributed by atoms with Crippen LogP contribution in [0.5, 0.6) is 0 Å². The van der Waals surface area contributed by atoms with E-state index in [1.54, 1.807) is 0 Å². The van der Waals surface area contributed by atoms with Crippen LogP contribution >= 0.6 is 12.2 Å². The van der Waals surface area contributed by atoms with Crippen LogP contribution in [0.2, 0.25) is 0 Å². The fourth-order valence-corrected chi connectivity index (χ4v) is 0.540. The van der Waals surface area contributed by atoms with E-state index in [1.165, 1.54) is 0 Å². The summed E-state index contributed by atoms with van der Waals surface area (Å²) >= 11 is 4.48. The predicted molar refractivity (Wildman–Crippen MR) is 44.1 cm³/mol. The van der Waals surface area contributed by atoms with Gasteiger partial charge in [-0.15, -0.1) is 0 Å². The topological polar surface area (TPSA) is 91.5 Å². The minimum absolute atomic E-state index is 0.152. The summed E-state index contributed by atoms with van der Waals surface area (Å²) in [6.07, 6.45) is 1.04. The molecule has 0 radical (unpaired) electrons. The van der Waals surface area contributed by atoms with E-state index in [1.807, 2.05) is 0 Å². The second-order valence-electron chi connectivity index (χ2n) is 1.75. The van der Waals surface area contributed by atoms with Crippen molar-refractivity contribution < 1.29 is 9.58 Å². The van der Waals surface area contributed by atoms with Gasteiger partial charge in [0.15, 0.2) is 5.11 Å². The summed E-state index contributed by atoms with van der Waals surface area (Å²) in [5.74, 6) is -0.281. The van der Waals surface area contributed by atoms with Crippen LogP contribution in [0.25, 0.3) is 5.53 Å². The standard InChI is InChI=1S/C5H8N4OS/c6-5(11)8-2-1-4(10)3-9-7/h3H,1-2H2,(H3,6,8,11). The number of ketones is 1. The second kappa shape index (κ2) is 5.52. The first-order valence-corrected chi connectivity index (χ1v) is 3.31. The Kier molecular flexibility index (Phi) is 4.89. The van der Waals surface area contributed by atoms with Crippen molar-refractivity contribution in [3.63, 3.8) is 0 Å². The molecule has 0 aliphatic heterocycles. The third-order valence-electron chi connectivity index (χ3n) is 0.872. The van der Waals surface area contributed by atoms with Crippen LogP contribution in [0.3, 0.4) is 0 Å². The molecule has 0 heterocycles. The Morgan fingerprint density at radius 2 is 2.45 bits per heavy atom. The highest BCUT2D eigenvalue weighted by Gasteiger charge is 2.00. The monoisotopic (exact) mass is 172 g/mol. The minimum Gasteiger partial charge on any atom is -0.376 e. The van der Waals surface area contributed by atoms with Crippen LogP contribution in [0.15, 0.2) is 0 Å². The van der Waals surface area contributed by atoms with E-state index in [0.717, 1.165) is 6.21 Å². The average Bonchev–Trinajstić information content (AvgIpc) is 1.87. The zero-order chi connectivity index (χ0) is 8.69. The maximum atomic E-state index is 10.6. The van der Waals surface area contributed by atoms with Crippen LogP contribution in [0.4, 0.5) is 0 Å². The molecule has 5 nitrogen and oxygen atoms in total. The van der Waals surface area contributed by atoms with Crippen molar-refractivity contribution in [3.8, 4) is 0 Å². The molecule has 0 atom stereocenters. The largest absolute Gasteiger partial charge is 0.376 e. The lowest BCUT2D eigenvalue weighted by atomic mass is 10.3. The van der Waals surface area contributed by atoms with Gasteiger partial charge in [-0.25, -0.2) is 0 Å². The molecular weight excluding hydrogens is 164 g/mol. The van der Waals surface area contributed by atoms with Crippen molar-refractivity contribution in [1.29, 1.82) is 0 Å². The molecule has 0 amide bonds. The van der Waals surface area contributed by atoms with Gasteiger partial charge in [-0.2, -0.15) is 4.79 Å². The molecule has 3 N–H and O–H groups in total. The lowest BCUT2D eigenvalue weighted by molar-refractivity contribution is -0.115. The number of Topliss-reactive ketones (excluding diaryl/α,β-unsaturated/α-hetero) is 1. The molecule has 0 fully saturated rings. The van der Waals surface area contributed by atoms with Crippen molar-refractivity contribution >= 4 is 29.3 Å². The molecule has 0 rings (SSSR count). The molecule has 0 saturated heterocycles. The van der Waals surface area contributed by atoms with Gasteiger partial charge >= 0.3 is 6.21 Å². The van der Waals surface area contributed by atoms with E-state index < -0.39 is 0 Å². The summed E-state index contributed by atoms with van der Waals surface area (Å²) in [4.78, 5) is 13.2. The van der Waals surface area contributed by atoms with Gasteiger partial charge in [-0.05, 0) is 12.2 Å². The minimum atomic E-state index is -0.281. The highest BCUT2D eigenvalue weighted by Crippen LogP contribution is 1.75. The molecule has 0 aromatic rings. The number of hydrogen-bond acceptors (Lipinski definition) is 2. The van der Waals surface area contributed by atoms with Crippen molar-refractivity contribution in [2.24, 2.45) is 5.73 Å². The Bertz CT molecular complexity index is 209. The number of nitrogens with one attached hydrogen (secondary N) is 1. The normalized spacial score (nSPS) is 8.00. The van der Waals surface area contributed by atoms with Crippen molar-refractivity contribution in [3.05, 3.63) is 5.53 Å². The smallest absolute Gasteiger partial charge is 0.323 e. The lowest BCUT2D eigenvalue weighted by Crippen LogP contribution is -2.30. The number of thiocarbonyl (C=S) groups is 1. The number of nitrogens with two attached hydrogens (primary N) is 1. The molecule has 0 unspecified atom stereocenters. The molecule has 11 heavy (non-hydrogen) atoms. The quantitative estimate of drug-likeness (QED) is 0.248. The summed E-state index contributed by atoms with van der Waals surface area (Å²) in [5.41, 5.74) is 13.0. The van der Waals surface area contributed by atoms with Crippen LogP contribution < -0.4 is 11.1 Å². The number of nitrogens with zero attached hydrogens (tertiary/aromatic N) is 2. The number of carbonyl (C=O) groups is 1. The first kappa shape index (κ1) is 9.74. The molecule has 6 heteroatoms. The van der Waals surface area contributed by atoms with Crippen LogP contribution in [-0.4, -0.2) is 28.4 Å². The van der Waals surface area contributed by atoms with E-state index in [0.29, 0.717) is 6.54 Å². The van der Waals surface area contributed by atoms with Gasteiger partial charge in [0.25, 0.3) is 0 Å². The van der Waals surface area contributed by atoms with E-state index >= 15 is 0 Å². The zero-order valence-corrected chi connectivity index (χ0v) is 6.60. The fraction of sp³-hybridized carbons (Fsp3) is 0.400. The van der Waals surface area contributed by atoms with E-state index in [2.05, 4.69) is 22.3 Å². The molecule has 60 valence electrons. The zero-order valence-electron chi connectivity index (χ0n) is 5.78. The molecular formula is C5H8N4OS. The summed E-state index contributed by atoms with van der Waals surface area (Å²) in [6, 6.07) is 0. The number of hydrogen-bond donors (Lipinski definition) is 2. The number of rotatable bonds is 4. The van der Waals surface area contributed by atoms with Gasteiger partial charge < -0.3 is 16.6 Å². The van der Waals surface area contributed by atoms with Gasteiger partial charge in [0, 0.05) is 13.0 Å². The molecule has 0 aromatic carbocycles. The third kappa shape index (κ3) is 6.63. The second-order valence-corrected chi connectivity index (χ2v) is 2.19. The van der Waals surface area contributed by atoms with Crippen molar-refractivity contribution in [2.45, 2.75) is 6.42 Å². The molecule has 0 saturated carbocycles. The van der Waals surface area contributed by atoms with Crippen molar-refractivity contribution in [2.75, 3.05) is 6.54 Å². The van der Waals surface area contributed by atoms with Gasteiger partial charge in [0.2, 0.25) is 5.78 Å². The Hall–Kier alpha value is -1.26. The van der Waals surface area contributed by atoms with E-state index in [9.17, 15) is 4.79 Å². The number of carbonyl (C=O) groups excluding carboxylic acids is 1. The summed E-state index contributed by atoms with van der Waals surface area (Å²) < 4.78 is 0. The predicted octanol–water partition coefficient (Wildman–Crippen LogP) is -0.921. The van der Waals surface area contributed by atoms with Crippen LogP contribution in [0.1, 0.15) is 6.42 Å². The Labute approximate surface area is 69.2 Å². The molecule has 0 aromatic heterocycles. The molecule has 0 aliphatic rings. The van der Waals surface area contributed by atoms with E-state index in [-0.39, 0.29) is 17.3 Å². The molecule has 0 aliphatic carbocycles. The van der Waals surface area contributed by atoms with Gasteiger partial charge in [0.05, 0.1) is 0 Å². The summed E-state index contributed by atoms with van der Waals surface area (Å²) in [6.45, 7) is 0.361. The summed E-state index contributed by atoms with van der Waals surface area (Å²) in [7, 11) is 0. The first-order chi connectivity index (χ1) is 5.16. The Morgan fingerprint density at radius 1 is 1.82 bits per heavy atom. The molecule has 0 bridgehead atoms. The van der Waals surface area contributed by atoms with Gasteiger partial charge in [-0.1, -0.05) is 0 Å². The SMILES string of the molecule is [N-]=[N+]=CC(=O)CCNC(N)=S. The summed E-state index contributed by atoms with van der Waals surface area (Å²) in [5, 5.41) is 2.73. The van der Waals surface area contributed by atoms with Gasteiger partial charge in [0.1, 0.15) is 0 Å². The van der Waals surface area contributed by atoms with Crippen LogP contribution in [0, 0.1) is 0 Å². The maximum absolute atomic E-state index is 10.6. The highest BCUT2D eigenvalue weighted by atomic mass is 32.1. The lowest BCUT2D eigenvalue weighted by Gasteiger charge is -1.97. The highest BCUT2D eigenvalue weighted by molar-refractivity contribution is 7.80. The van der Waals surface area contributed by atoms with Crippen molar-refractivity contribution in [1.82, 2.24) is 5.32 Å².